The van der Waals surface area contributed by atoms with Crippen molar-refractivity contribution in [3.8, 4) is 0 Å². The molecular weight excluding hydrogens is 540 g/mol. The fourth-order valence-electron chi connectivity index (χ4n) is 4.51. The van der Waals surface area contributed by atoms with Crippen molar-refractivity contribution in [1.29, 1.82) is 0 Å². The second kappa shape index (κ2) is 14.5. The summed E-state index contributed by atoms with van der Waals surface area (Å²) in [6.07, 6.45) is 9.86. The molecule has 0 bridgehead atoms. The molecular formula is C32H36N2O6S. The van der Waals surface area contributed by atoms with E-state index < -0.39 is 35.0 Å². The number of hydrogen-bond acceptors (Lipinski definition) is 7. The summed E-state index contributed by atoms with van der Waals surface area (Å²) in [5.74, 6) is -1.13. The number of carbonyl (C=O) groups excluding carboxylic acids is 4. The highest BCUT2D eigenvalue weighted by atomic mass is 32.2. The van der Waals surface area contributed by atoms with Crippen molar-refractivity contribution >= 4 is 41.1 Å². The average molecular weight is 577 g/mol. The standard InChI is InChI=1S/C30H30N2O6S.C2H6/c1-5-21(37-4)16-15-19(2)27-26(38-20(3)33)30(36)31(24-13-9-10-14-25(24)39-27)17-18-32-28(34)22-11-7-6-8-12-23(22)29(32)35;1-2/h6-11,13-16,26-27H,5,17-18H2,1-4H3;1-2H3/b19-15+,21-16+;. The maximum atomic E-state index is 14.0. The van der Waals surface area contributed by atoms with Gasteiger partial charge in [0.1, 0.15) is 0 Å². The summed E-state index contributed by atoms with van der Waals surface area (Å²) >= 11 is 1.43. The fraction of sp³-hybridized carbons (Fsp3) is 0.344. The Labute approximate surface area is 245 Å². The van der Waals surface area contributed by atoms with E-state index in [2.05, 4.69) is 5.73 Å². The Morgan fingerprint density at radius 1 is 1.02 bits per heavy atom. The van der Waals surface area contributed by atoms with Crippen LogP contribution in [0.5, 0.6) is 0 Å². The molecule has 3 amide bonds. The van der Waals surface area contributed by atoms with E-state index in [-0.39, 0.29) is 24.2 Å². The van der Waals surface area contributed by atoms with Crippen LogP contribution in [-0.2, 0) is 28.7 Å². The van der Waals surface area contributed by atoms with Crippen LogP contribution in [0.25, 0.3) is 0 Å². The molecule has 1 aliphatic carbocycles. The van der Waals surface area contributed by atoms with Gasteiger partial charge in [-0.25, -0.2) is 0 Å². The van der Waals surface area contributed by atoms with E-state index in [9.17, 15) is 19.2 Å². The van der Waals surface area contributed by atoms with Crippen molar-refractivity contribution < 1.29 is 28.7 Å². The summed E-state index contributed by atoms with van der Waals surface area (Å²) in [4.78, 5) is 55.6. The molecule has 1 saturated heterocycles. The highest BCUT2D eigenvalue weighted by molar-refractivity contribution is 8.00. The normalized spacial score (nSPS) is 20.3. The molecule has 2 unspecified atom stereocenters. The molecule has 9 heteroatoms. The zero-order valence-electron chi connectivity index (χ0n) is 24.3. The van der Waals surface area contributed by atoms with Gasteiger partial charge in [0.2, 0.25) is 0 Å². The minimum Gasteiger partial charge on any atom is -0.501 e. The lowest BCUT2D eigenvalue weighted by atomic mass is 10.1. The van der Waals surface area contributed by atoms with Gasteiger partial charge in [-0.3, -0.25) is 24.1 Å². The molecule has 8 nitrogen and oxygen atoms in total. The first-order valence-corrected chi connectivity index (χ1v) is 14.5. The highest BCUT2D eigenvalue weighted by Crippen LogP contribution is 2.41. The molecule has 0 radical (unpaired) electrons. The van der Waals surface area contributed by atoms with Gasteiger partial charge in [-0.1, -0.05) is 56.7 Å². The van der Waals surface area contributed by atoms with Gasteiger partial charge >= 0.3 is 5.97 Å². The number of allylic oxidation sites excluding steroid dienone is 6. The molecule has 0 saturated carbocycles. The van der Waals surface area contributed by atoms with Gasteiger partial charge in [0, 0.05) is 31.3 Å². The number of carbonyl (C=O) groups is 4. The second-order valence-corrected chi connectivity index (χ2v) is 10.2. The predicted octanol–water partition coefficient (Wildman–Crippen LogP) is 5.28. The Morgan fingerprint density at radius 3 is 2.41 bits per heavy atom. The third-order valence-corrected chi connectivity index (χ3v) is 8.00. The van der Waals surface area contributed by atoms with Crippen LogP contribution < -0.4 is 4.90 Å². The van der Waals surface area contributed by atoms with E-state index in [1.54, 1.807) is 31.4 Å². The van der Waals surface area contributed by atoms with Gasteiger partial charge in [0.05, 0.1) is 35.0 Å². The van der Waals surface area contributed by atoms with Crippen molar-refractivity contribution in [2.75, 3.05) is 25.1 Å². The SMILES string of the molecule is CC.CC/C(=C\C=C(/C)C1Sc2ccccc2N(CCN2C(=O)C3=C=CC=CC=C3C2=O)C(=O)C1OC(C)=O)OC. The lowest BCUT2D eigenvalue weighted by molar-refractivity contribution is -0.152. The third kappa shape index (κ3) is 6.99. The molecule has 1 aromatic rings. The number of likely N-dealkylation sites (tertiary alicyclic amines) is 1. The number of para-hydroxylation sites is 1. The Morgan fingerprint density at radius 2 is 1.73 bits per heavy atom. The monoisotopic (exact) mass is 576 g/mol. The quantitative estimate of drug-likeness (QED) is 0.137. The summed E-state index contributed by atoms with van der Waals surface area (Å²) in [6, 6.07) is 7.39. The van der Waals surface area contributed by atoms with Crippen molar-refractivity contribution in [1.82, 2.24) is 4.90 Å². The molecule has 0 N–H and O–H groups in total. The number of hydrogen-bond donors (Lipinski definition) is 0. The first-order valence-electron chi connectivity index (χ1n) is 13.6. The second-order valence-electron chi connectivity index (χ2n) is 9.04. The number of ether oxygens (including phenoxy) is 2. The number of nitrogens with zero attached hydrogens (tertiary/aromatic N) is 2. The Hall–Kier alpha value is -4.07. The highest BCUT2D eigenvalue weighted by Gasteiger charge is 2.43. The van der Waals surface area contributed by atoms with Gasteiger partial charge in [0.25, 0.3) is 17.7 Å². The minimum absolute atomic E-state index is 0.0304. The van der Waals surface area contributed by atoms with Gasteiger partial charge in [0.15, 0.2) is 6.10 Å². The number of amides is 3. The zero-order chi connectivity index (χ0) is 30.1. The van der Waals surface area contributed by atoms with Crippen molar-refractivity contribution in [3.05, 3.63) is 88.9 Å². The molecule has 0 spiro atoms. The molecule has 2 aliphatic heterocycles. The minimum atomic E-state index is -1.12. The van der Waals surface area contributed by atoms with Gasteiger partial charge in [-0.2, -0.15) is 0 Å². The van der Waals surface area contributed by atoms with Crippen LogP contribution >= 0.6 is 11.8 Å². The molecule has 0 aromatic heterocycles. The summed E-state index contributed by atoms with van der Waals surface area (Å²) in [5, 5.41) is -0.507. The lowest BCUT2D eigenvalue weighted by Crippen LogP contribution is -2.48. The van der Waals surface area contributed by atoms with E-state index in [4.69, 9.17) is 9.47 Å². The van der Waals surface area contributed by atoms with E-state index in [0.29, 0.717) is 12.1 Å². The topological polar surface area (TPSA) is 93.2 Å². The van der Waals surface area contributed by atoms with Gasteiger partial charge in [-0.05, 0) is 37.3 Å². The molecule has 2 atom stereocenters. The molecule has 1 fully saturated rings. The summed E-state index contributed by atoms with van der Waals surface area (Å²) < 4.78 is 11.0. The van der Waals surface area contributed by atoms with Crippen LogP contribution in [-0.4, -0.2) is 60.1 Å². The maximum absolute atomic E-state index is 14.0. The van der Waals surface area contributed by atoms with Crippen LogP contribution in [0.3, 0.4) is 0 Å². The van der Waals surface area contributed by atoms with Crippen molar-refractivity contribution in [3.63, 3.8) is 0 Å². The number of anilines is 1. The van der Waals surface area contributed by atoms with Crippen molar-refractivity contribution in [2.45, 2.75) is 57.3 Å². The lowest BCUT2D eigenvalue weighted by Gasteiger charge is -2.28. The number of benzene rings is 1. The molecule has 3 aliphatic rings. The van der Waals surface area contributed by atoms with Crippen LogP contribution in [0.1, 0.15) is 41.0 Å². The van der Waals surface area contributed by atoms with E-state index in [1.807, 2.05) is 64.1 Å². The Kier molecular flexibility index (Phi) is 11.1. The third-order valence-electron chi connectivity index (χ3n) is 6.53. The van der Waals surface area contributed by atoms with E-state index >= 15 is 0 Å². The number of esters is 1. The smallest absolute Gasteiger partial charge is 0.303 e. The predicted molar refractivity (Wildman–Crippen MR) is 160 cm³/mol. The molecule has 41 heavy (non-hydrogen) atoms. The summed E-state index contributed by atoms with van der Waals surface area (Å²) in [7, 11) is 1.60. The first kappa shape index (κ1) is 31.5. The first-order chi connectivity index (χ1) is 19.8. The summed E-state index contributed by atoms with van der Waals surface area (Å²) in [5.41, 5.74) is 4.79. The molecule has 1 aromatic carbocycles. The number of methoxy groups -OCH3 is 1. The number of rotatable bonds is 8. The molecule has 2 heterocycles. The van der Waals surface area contributed by atoms with Gasteiger partial charge in [-0.15, -0.1) is 17.5 Å². The Balaban J connectivity index is 0.00000226. The Bertz CT molecular complexity index is 1390. The molecule has 216 valence electrons. The number of imide groups is 1. The van der Waals surface area contributed by atoms with Crippen LogP contribution in [0.2, 0.25) is 0 Å². The van der Waals surface area contributed by atoms with E-state index in [1.165, 1.54) is 23.6 Å². The van der Waals surface area contributed by atoms with Crippen LogP contribution in [0.4, 0.5) is 5.69 Å². The largest absolute Gasteiger partial charge is 0.501 e. The van der Waals surface area contributed by atoms with E-state index in [0.717, 1.165) is 21.1 Å². The van der Waals surface area contributed by atoms with Crippen LogP contribution in [0.15, 0.2) is 93.8 Å². The van der Waals surface area contributed by atoms with Crippen LogP contribution in [0, 0.1) is 0 Å². The number of thioether (sulfide) groups is 1. The van der Waals surface area contributed by atoms with Crippen molar-refractivity contribution in [2.24, 2.45) is 0 Å². The zero-order valence-corrected chi connectivity index (χ0v) is 25.1. The van der Waals surface area contributed by atoms with Gasteiger partial charge < -0.3 is 14.4 Å². The maximum Gasteiger partial charge on any atom is 0.303 e. The molecule has 4 rings (SSSR count). The fourth-order valence-corrected chi connectivity index (χ4v) is 5.80. The number of fused-ring (bicyclic) bond motifs is 2. The average Bonchev–Trinajstić information content (AvgIpc) is 3.16. The summed E-state index contributed by atoms with van der Waals surface area (Å²) in [6.45, 7) is 9.13.